The number of hydrogen-bond acceptors (Lipinski definition) is 6. The average Bonchev–Trinajstić information content (AvgIpc) is 2.88. The number of aromatic amines is 1. The summed E-state index contributed by atoms with van der Waals surface area (Å²) in [7, 11) is 1.61. The van der Waals surface area contributed by atoms with Gasteiger partial charge in [0.25, 0.3) is 0 Å². The zero-order valence-corrected chi connectivity index (χ0v) is 10.7. The summed E-state index contributed by atoms with van der Waals surface area (Å²) in [5.74, 6) is 0.322. The number of nitriles is 1. The monoisotopic (exact) mass is 263 g/mol. The van der Waals surface area contributed by atoms with Gasteiger partial charge in [-0.3, -0.25) is 0 Å². The number of fused-ring (bicyclic) bond motifs is 1. The summed E-state index contributed by atoms with van der Waals surface area (Å²) in [6.07, 6.45) is 3.21. The van der Waals surface area contributed by atoms with Gasteiger partial charge in [0.1, 0.15) is 12.0 Å². The topological polar surface area (TPSA) is 113 Å². The number of ether oxygens (including phenoxy) is 2. The van der Waals surface area contributed by atoms with Crippen molar-refractivity contribution in [3.05, 3.63) is 29.3 Å². The van der Waals surface area contributed by atoms with Gasteiger partial charge in [-0.15, -0.1) is 0 Å². The highest BCUT2D eigenvalue weighted by Gasteiger charge is 2.30. The molecule has 0 aromatic carbocycles. The van der Waals surface area contributed by atoms with Crippen molar-refractivity contribution in [1.29, 1.82) is 5.26 Å². The van der Waals surface area contributed by atoms with E-state index in [1.165, 1.54) is 4.90 Å². The Morgan fingerprint density at radius 1 is 1.53 bits per heavy atom. The van der Waals surface area contributed by atoms with Crippen LogP contribution in [0.25, 0.3) is 5.57 Å². The van der Waals surface area contributed by atoms with Crippen molar-refractivity contribution in [1.82, 2.24) is 9.88 Å². The van der Waals surface area contributed by atoms with Crippen LogP contribution in [-0.2, 0) is 9.47 Å². The van der Waals surface area contributed by atoms with E-state index in [4.69, 9.17) is 26.2 Å². The molecule has 1 aromatic heterocycles. The molecule has 0 radical (unpaired) electrons. The highest BCUT2D eigenvalue weighted by molar-refractivity contribution is 5.71. The number of hydrogen-bond donors (Lipinski definition) is 3. The molecule has 1 aliphatic rings. The number of rotatable bonds is 5. The molecule has 0 fully saturated rings. The zero-order chi connectivity index (χ0) is 13.8. The van der Waals surface area contributed by atoms with Gasteiger partial charge in [0.05, 0.1) is 25.5 Å². The van der Waals surface area contributed by atoms with Crippen molar-refractivity contribution in [2.24, 2.45) is 11.5 Å². The predicted molar refractivity (Wildman–Crippen MR) is 69.0 cm³/mol. The van der Waals surface area contributed by atoms with Crippen molar-refractivity contribution in [3.63, 3.8) is 0 Å². The summed E-state index contributed by atoms with van der Waals surface area (Å²) in [5.41, 5.74) is 14.4. The summed E-state index contributed by atoms with van der Waals surface area (Å²) in [5, 5.41) is 9.13. The Balaban J connectivity index is 2.23. The number of nitrogens with one attached hydrogen (secondary N) is 1. The minimum atomic E-state index is -0.561. The van der Waals surface area contributed by atoms with Crippen molar-refractivity contribution in [2.75, 3.05) is 26.9 Å². The normalized spacial score (nSPS) is 18.4. The van der Waals surface area contributed by atoms with Gasteiger partial charge < -0.3 is 25.9 Å². The molecule has 0 amide bonds. The molecule has 0 saturated carbocycles. The van der Waals surface area contributed by atoms with Gasteiger partial charge in [-0.05, 0) is 6.07 Å². The van der Waals surface area contributed by atoms with Crippen LogP contribution >= 0.6 is 0 Å². The summed E-state index contributed by atoms with van der Waals surface area (Å²) < 4.78 is 10.4. The van der Waals surface area contributed by atoms with Crippen molar-refractivity contribution in [3.8, 4) is 6.19 Å². The van der Waals surface area contributed by atoms with E-state index in [1.807, 2.05) is 12.3 Å². The number of H-pyrrole nitrogens is 1. The minimum absolute atomic E-state index is 0.299. The van der Waals surface area contributed by atoms with Crippen LogP contribution in [0.2, 0.25) is 0 Å². The van der Waals surface area contributed by atoms with E-state index >= 15 is 0 Å². The summed E-state index contributed by atoms with van der Waals surface area (Å²) in [6, 6.07) is 1.84. The summed E-state index contributed by atoms with van der Waals surface area (Å²) in [4.78, 5) is 4.37. The third kappa shape index (κ3) is 2.42. The molecule has 0 spiro atoms. The van der Waals surface area contributed by atoms with Crippen LogP contribution in [0.1, 0.15) is 17.4 Å². The number of methoxy groups -OCH3 is 1. The van der Waals surface area contributed by atoms with Crippen molar-refractivity contribution in [2.45, 2.75) is 6.17 Å². The molecule has 7 nitrogen and oxygen atoms in total. The maximum Gasteiger partial charge on any atom is 0.187 e. The molecule has 5 N–H and O–H groups in total. The van der Waals surface area contributed by atoms with Crippen LogP contribution in [-0.4, -0.2) is 36.8 Å². The number of nitrogens with two attached hydrogens (primary N) is 2. The van der Waals surface area contributed by atoms with Gasteiger partial charge in [0.2, 0.25) is 0 Å². The van der Waals surface area contributed by atoms with E-state index in [2.05, 4.69) is 4.98 Å². The fourth-order valence-corrected chi connectivity index (χ4v) is 2.03. The second-order valence-electron chi connectivity index (χ2n) is 4.13. The quantitative estimate of drug-likeness (QED) is 0.511. The Labute approximate surface area is 111 Å². The molecule has 19 heavy (non-hydrogen) atoms. The first-order valence-corrected chi connectivity index (χ1v) is 5.88. The van der Waals surface area contributed by atoms with Crippen LogP contribution in [0, 0.1) is 11.5 Å². The lowest BCUT2D eigenvalue weighted by atomic mass is 10.0. The van der Waals surface area contributed by atoms with Crippen molar-refractivity contribution >= 4 is 5.57 Å². The highest BCUT2D eigenvalue weighted by atomic mass is 16.5. The van der Waals surface area contributed by atoms with E-state index in [0.717, 1.165) is 16.8 Å². The summed E-state index contributed by atoms with van der Waals surface area (Å²) in [6.45, 7) is 1.27. The van der Waals surface area contributed by atoms with Crippen LogP contribution in [0.5, 0.6) is 0 Å². The molecule has 1 unspecified atom stereocenters. The lowest BCUT2D eigenvalue weighted by molar-refractivity contribution is 0.0869. The molecule has 1 aliphatic heterocycles. The van der Waals surface area contributed by atoms with E-state index in [-0.39, 0.29) is 0 Å². The van der Waals surface area contributed by atoms with E-state index in [1.54, 1.807) is 13.3 Å². The fraction of sp³-hybridized carbons (Fsp3) is 0.417. The molecule has 1 atom stereocenters. The Hall–Kier alpha value is -2.01. The average molecular weight is 263 g/mol. The molecule has 0 saturated heterocycles. The lowest BCUT2D eigenvalue weighted by Crippen LogP contribution is -2.38. The molecular weight excluding hydrogens is 246 g/mol. The first-order valence-electron chi connectivity index (χ1n) is 5.88. The summed E-state index contributed by atoms with van der Waals surface area (Å²) >= 11 is 0. The molecule has 0 aliphatic carbocycles. The van der Waals surface area contributed by atoms with Crippen LogP contribution < -0.4 is 11.5 Å². The molecule has 7 heteroatoms. The van der Waals surface area contributed by atoms with Gasteiger partial charge in [-0.25, -0.2) is 4.90 Å². The molecule has 102 valence electrons. The van der Waals surface area contributed by atoms with Crippen molar-refractivity contribution < 1.29 is 9.47 Å². The maximum absolute atomic E-state index is 9.13. The number of aromatic nitrogens is 1. The SMILES string of the molecule is COCCOCC1=C(N)N(C#N)C(N)c2cc[nH]c21. The first kappa shape index (κ1) is 13.4. The van der Waals surface area contributed by atoms with Crippen LogP contribution in [0.15, 0.2) is 18.1 Å². The third-order valence-electron chi connectivity index (χ3n) is 3.03. The third-order valence-corrected chi connectivity index (χ3v) is 3.03. The van der Waals surface area contributed by atoms with Gasteiger partial charge in [-0.2, -0.15) is 5.26 Å². The van der Waals surface area contributed by atoms with E-state index in [0.29, 0.717) is 25.6 Å². The standard InChI is InChI=1S/C12H17N5O2/c1-18-4-5-19-6-9-10-8(2-3-16-10)11(14)17(7-13)12(9)15/h2-3,11,16H,4-6,14-15H2,1H3. The Morgan fingerprint density at radius 3 is 3.00 bits per heavy atom. The molecule has 1 aromatic rings. The predicted octanol–water partition coefficient (Wildman–Crippen LogP) is 0.0590. The van der Waals surface area contributed by atoms with Gasteiger partial charge in [0, 0.05) is 24.4 Å². The second-order valence-corrected chi connectivity index (χ2v) is 4.13. The maximum atomic E-state index is 9.13. The minimum Gasteiger partial charge on any atom is -0.384 e. The molecule has 2 heterocycles. The smallest absolute Gasteiger partial charge is 0.187 e. The van der Waals surface area contributed by atoms with Gasteiger partial charge in [0.15, 0.2) is 6.19 Å². The Kier molecular flexibility index (Phi) is 4.06. The highest BCUT2D eigenvalue weighted by Crippen LogP contribution is 2.33. The first-order chi connectivity index (χ1) is 9.20. The lowest BCUT2D eigenvalue weighted by Gasteiger charge is -2.30. The molecule has 2 rings (SSSR count). The molecule has 0 bridgehead atoms. The fourth-order valence-electron chi connectivity index (χ4n) is 2.03. The van der Waals surface area contributed by atoms with Gasteiger partial charge >= 0.3 is 0 Å². The Bertz CT molecular complexity index is 516. The zero-order valence-electron chi connectivity index (χ0n) is 10.7. The van der Waals surface area contributed by atoms with E-state index < -0.39 is 6.17 Å². The van der Waals surface area contributed by atoms with Crippen LogP contribution in [0.3, 0.4) is 0 Å². The molecular formula is C12H17N5O2. The van der Waals surface area contributed by atoms with Gasteiger partial charge in [-0.1, -0.05) is 0 Å². The Morgan fingerprint density at radius 2 is 2.32 bits per heavy atom. The second kappa shape index (κ2) is 5.75. The number of nitrogens with zero attached hydrogens (tertiary/aromatic N) is 2. The largest absolute Gasteiger partial charge is 0.384 e. The van der Waals surface area contributed by atoms with E-state index in [9.17, 15) is 0 Å². The van der Waals surface area contributed by atoms with Crippen LogP contribution in [0.4, 0.5) is 0 Å².